The van der Waals surface area contributed by atoms with Crippen LogP contribution >= 0.6 is 0 Å². The van der Waals surface area contributed by atoms with Crippen LogP contribution in [-0.2, 0) is 9.59 Å². The molecule has 1 atom stereocenters. The maximum absolute atomic E-state index is 12.5. The highest BCUT2D eigenvalue weighted by Crippen LogP contribution is 2.28. The number of hydrogen-bond donors (Lipinski definition) is 2. The number of nitrogens with one attached hydrogen (secondary N) is 1. The van der Waals surface area contributed by atoms with Crippen molar-refractivity contribution in [3.8, 4) is 0 Å². The number of rotatable bonds is 3. The minimum atomic E-state index is -0.730. The van der Waals surface area contributed by atoms with Gasteiger partial charge in [0.25, 0.3) is 0 Å². The highest BCUT2D eigenvalue weighted by atomic mass is 16.4. The molecule has 0 saturated carbocycles. The maximum atomic E-state index is 12.5. The van der Waals surface area contributed by atoms with E-state index in [-0.39, 0.29) is 17.4 Å². The zero-order chi connectivity index (χ0) is 13.2. The molecule has 2 fully saturated rings. The molecule has 1 amide bonds. The van der Waals surface area contributed by atoms with Gasteiger partial charge in [0, 0.05) is 13.1 Å². The molecule has 2 rings (SSSR count). The van der Waals surface area contributed by atoms with Gasteiger partial charge in [0.15, 0.2) is 0 Å². The van der Waals surface area contributed by atoms with E-state index in [9.17, 15) is 9.59 Å². The van der Waals surface area contributed by atoms with Crippen LogP contribution in [0.15, 0.2) is 0 Å². The fourth-order valence-corrected chi connectivity index (χ4v) is 3.07. The van der Waals surface area contributed by atoms with Crippen LogP contribution in [0.4, 0.5) is 0 Å². The maximum Gasteiger partial charge on any atom is 0.306 e. The van der Waals surface area contributed by atoms with E-state index in [2.05, 4.69) is 5.32 Å². The minimum Gasteiger partial charge on any atom is -0.481 e. The molecule has 0 aromatic carbocycles. The normalized spacial score (nSPS) is 29.5. The van der Waals surface area contributed by atoms with Crippen LogP contribution in [0.3, 0.4) is 0 Å². The van der Waals surface area contributed by atoms with Crippen molar-refractivity contribution in [2.24, 2.45) is 5.92 Å². The van der Waals surface area contributed by atoms with Crippen molar-refractivity contribution < 1.29 is 14.7 Å². The van der Waals surface area contributed by atoms with Crippen LogP contribution < -0.4 is 5.32 Å². The SMILES string of the molecule is CCC1(C(=O)N2CCC(C(=O)O)CC2)CCCN1. The second-order valence-electron chi connectivity index (χ2n) is 5.37. The largest absolute Gasteiger partial charge is 0.481 e. The average molecular weight is 254 g/mol. The van der Waals surface area contributed by atoms with E-state index >= 15 is 0 Å². The number of amides is 1. The summed E-state index contributed by atoms with van der Waals surface area (Å²) >= 11 is 0. The lowest BCUT2D eigenvalue weighted by Gasteiger charge is -2.37. The summed E-state index contributed by atoms with van der Waals surface area (Å²) in [5.41, 5.74) is -0.379. The standard InChI is InChI=1S/C13H22N2O3/c1-2-13(6-3-7-14-13)12(18)15-8-4-10(5-9-15)11(16)17/h10,14H,2-9H2,1H3,(H,16,17). The zero-order valence-electron chi connectivity index (χ0n) is 10.9. The number of aliphatic carboxylic acids is 1. The number of piperidine rings is 1. The van der Waals surface area contributed by atoms with Crippen molar-refractivity contribution >= 4 is 11.9 Å². The molecule has 2 saturated heterocycles. The Labute approximate surface area is 108 Å². The summed E-state index contributed by atoms with van der Waals surface area (Å²) in [6.45, 7) is 4.11. The van der Waals surface area contributed by atoms with Crippen molar-refractivity contribution in [3.05, 3.63) is 0 Å². The Morgan fingerprint density at radius 2 is 2.06 bits per heavy atom. The fraction of sp³-hybridized carbons (Fsp3) is 0.846. The molecule has 0 bridgehead atoms. The van der Waals surface area contributed by atoms with Gasteiger partial charge in [-0.3, -0.25) is 9.59 Å². The van der Waals surface area contributed by atoms with Crippen LogP contribution in [0.2, 0.25) is 0 Å². The van der Waals surface area contributed by atoms with E-state index in [1.807, 2.05) is 11.8 Å². The first kappa shape index (κ1) is 13.3. The second kappa shape index (κ2) is 5.26. The van der Waals surface area contributed by atoms with Crippen LogP contribution in [0.5, 0.6) is 0 Å². The van der Waals surface area contributed by atoms with Gasteiger partial charge in [-0.15, -0.1) is 0 Å². The molecule has 2 aliphatic rings. The number of likely N-dealkylation sites (tertiary alicyclic amines) is 1. The predicted molar refractivity (Wildman–Crippen MR) is 67.2 cm³/mol. The summed E-state index contributed by atoms with van der Waals surface area (Å²) in [6, 6.07) is 0. The highest BCUT2D eigenvalue weighted by Gasteiger charge is 2.42. The molecule has 0 aliphatic carbocycles. The Balaban J connectivity index is 1.96. The summed E-state index contributed by atoms with van der Waals surface area (Å²) in [7, 11) is 0. The summed E-state index contributed by atoms with van der Waals surface area (Å²) in [4.78, 5) is 25.3. The third kappa shape index (κ3) is 2.36. The first-order chi connectivity index (χ1) is 8.59. The molecule has 0 spiro atoms. The Bertz CT molecular complexity index is 329. The lowest BCUT2D eigenvalue weighted by molar-refractivity contribution is -0.147. The lowest BCUT2D eigenvalue weighted by Crippen LogP contribution is -2.56. The van der Waals surface area contributed by atoms with Gasteiger partial charge in [0.1, 0.15) is 0 Å². The van der Waals surface area contributed by atoms with E-state index in [1.165, 1.54) is 0 Å². The number of carbonyl (C=O) groups is 2. The Kier molecular flexibility index (Phi) is 3.90. The topological polar surface area (TPSA) is 69.6 Å². The molecule has 2 heterocycles. The molecule has 2 aliphatic heterocycles. The van der Waals surface area contributed by atoms with Crippen molar-refractivity contribution in [2.45, 2.75) is 44.6 Å². The molecule has 18 heavy (non-hydrogen) atoms. The Morgan fingerprint density at radius 3 is 2.50 bits per heavy atom. The van der Waals surface area contributed by atoms with Crippen molar-refractivity contribution in [1.82, 2.24) is 10.2 Å². The molecule has 102 valence electrons. The second-order valence-corrected chi connectivity index (χ2v) is 5.37. The van der Waals surface area contributed by atoms with E-state index in [0.29, 0.717) is 25.9 Å². The summed E-state index contributed by atoms with van der Waals surface area (Å²) in [5, 5.41) is 12.3. The van der Waals surface area contributed by atoms with Gasteiger partial charge in [-0.25, -0.2) is 0 Å². The number of hydrogen-bond acceptors (Lipinski definition) is 3. The van der Waals surface area contributed by atoms with Crippen LogP contribution in [-0.4, -0.2) is 47.1 Å². The summed E-state index contributed by atoms with van der Waals surface area (Å²) in [6.07, 6.45) is 3.93. The summed E-state index contributed by atoms with van der Waals surface area (Å²) < 4.78 is 0. The average Bonchev–Trinajstić information content (AvgIpc) is 2.88. The van der Waals surface area contributed by atoms with Gasteiger partial charge in [0.2, 0.25) is 5.91 Å². The number of carboxylic acid groups (broad SMARTS) is 1. The molecule has 1 unspecified atom stereocenters. The predicted octanol–water partition coefficient (Wildman–Crippen LogP) is 0.842. The van der Waals surface area contributed by atoms with Gasteiger partial charge >= 0.3 is 5.97 Å². The number of carbonyl (C=O) groups excluding carboxylic acids is 1. The third-order valence-electron chi connectivity index (χ3n) is 4.39. The van der Waals surface area contributed by atoms with Crippen LogP contribution in [0.25, 0.3) is 0 Å². The van der Waals surface area contributed by atoms with Gasteiger partial charge in [-0.05, 0) is 38.6 Å². The van der Waals surface area contributed by atoms with E-state index in [4.69, 9.17) is 5.11 Å². The molecular formula is C13H22N2O3. The highest BCUT2D eigenvalue weighted by molar-refractivity contribution is 5.87. The first-order valence-electron chi connectivity index (χ1n) is 6.86. The van der Waals surface area contributed by atoms with Crippen molar-refractivity contribution in [1.29, 1.82) is 0 Å². The number of nitrogens with zero attached hydrogens (tertiary/aromatic N) is 1. The van der Waals surface area contributed by atoms with Crippen molar-refractivity contribution in [2.75, 3.05) is 19.6 Å². The van der Waals surface area contributed by atoms with Gasteiger partial charge < -0.3 is 15.3 Å². The zero-order valence-corrected chi connectivity index (χ0v) is 10.9. The molecule has 0 radical (unpaired) electrons. The molecule has 2 N–H and O–H groups in total. The van der Waals surface area contributed by atoms with E-state index < -0.39 is 5.97 Å². The van der Waals surface area contributed by atoms with Crippen LogP contribution in [0.1, 0.15) is 39.0 Å². The number of carboxylic acids is 1. The molecule has 0 aromatic heterocycles. The van der Waals surface area contributed by atoms with Gasteiger partial charge in [-0.1, -0.05) is 6.92 Å². The molecule has 5 heteroatoms. The van der Waals surface area contributed by atoms with E-state index in [1.54, 1.807) is 0 Å². The third-order valence-corrected chi connectivity index (χ3v) is 4.39. The van der Waals surface area contributed by atoms with Gasteiger partial charge in [-0.2, -0.15) is 0 Å². The van der Waals surface area contributed by atoms with E-state index in [0.717, 1.165) is 25.8 Å². The minimum absolute atomic E-state index is 0.173. The quantitative estimate of drug-likeness (QED) is 0.783. The Morgan fingerprint density at radius 1 is 1.39 bits per heavy atom. The summed E-state index contributed by atoms with van der Waals surface area (Å²) in [5.74, 6) is -0.833. The monoisotopic (exact) mass is 254 g/mol. The lowest BCUT2D eigenvalue weighted by atomic mass is 9.90. The molecular weight excluding hydrogens is 232 g/mol. The first-order valence-corrected chi connectivity index (χ1v) is 6.86. The molecule has 0 aromatic rings. The Hall–Kier alpha value is -1.10. The van der Waals surface area contributed by atoms with Crippen molar-refractivity contribution in [3.63, 3.8) is 0 Å². The van der Waals surface area contributed by atoms with Gasteiger partial charge in [0.05, 0.1) is 11.5 Å². The fourth-order valence-electron chi connectivity index (χ4n) is 3.07. The van der Waals surface area contributed by atoms with Crippen LogP contribution in [0, 0.1) is 5.92 Å². The molecule has 5 nitrogen and oxygen atoms in total. The smallest absolute Gasteiger partial charge is 0.306 e.